The Morgan fingerprint density at radius 3 is 2.04 bits per heavy atom. The van der Waals surface area contributed by atoms with Gasteiger partial charge in [0.25, 0.3) is 0 Å². The lowest BCUT2D eigenvalue weighted by atomic mass is 9.89. The van der Waals surface area contributed by atoms with Crippen molar-refractivity contribution in [1.29, 1.82) is 0 Å². The maximum absolute atomic E-state index is 12.7. The average Bonchev–Trinajstić information content (AvgIpc) is 2.62. The van der Waals surface area contributed by atoms with Crippen LogP contribution < -0.4 is 5.32 Å². The molecule has 1 amide bonds. The Balaban J connectivity index is 1.75. The minimum atomic E-state index is 0.0554. The molecular formula is C24H25NO. The highest BCUT2D eigenvalue weighted by atomic mass is 16.1. The fourth-order valence-electron chi connectivity index (χ4n) is 3.41. The van der Waals surface area contributed by atoms with E-state index in [1.165, 1.54) is 11.1 Å². The van der Waals surface area contributed by atoms with Crippen LogP contribution in [0.1, 0.15) is 34.6 Å². The van der Waals surface area contributed by atoms with Gasteiger partial charge in [0, 0.05) is 12.1 Å². The molecule has 132 valence electrons. The van der Waals surface area contributed by atoms with Crippen LogP contribution in [0.2, 0.25) is 0 Å². The molecule has 0 spiro atoms. The van der Waals surface area contributed by atoms with Gasteiger partial charge in [0.1, 0.15) is 0 Å². The molecule has 0 radical (unpaired) electrons. The zero-order valence-corrected chi connectivity index (χ0v) is 15.4. The number of carbonyl (C=O) groups excluding carboxylic acids is 1. The topological polar surface area (TPSA) is 29.1 Å². The van der Waals surface area contributed by atoms with E-state index in [2.05, 4.69) is 35.6 Å². The number of hydrogen-bond acceptors (Lipinski definition) is 1. The molecule has 0 aromatic heterocycles. The molecule has 0 aliphatic carbocycles. The maximum Gasteiger partial charge on any atom is 0.224 e. The van der Waals surface area contributed by atoms with Crippen LogP contribution in [0, 0.1) is 13.8 Å². The summed E-state index contributed by atoms with van der Waals surface area (Å²) in [6, 6.07) is 26.8. The molecule has 0 unspecified atom stereocenters. The molecule has 0 fully saturated rings. The predicted molar refractivity (Wildman–Crippen MR) is 108 cm³/mol. The van der Waals surface area contributed by atoms with Crippen LogP contribution in [0.5, 0.6) is 0 Å². The van der Waals surface area contributed by atoms with E-state index in [-0.39, 0.29) is 11.8 Å². The average molecular weight is 343 g/mol. The van der Waals surface area contributed by atoms with Crippen molar-refractivity contribution < 1.29 is 4.79 Å². The monoisotopic (exact) mass is 343 g/mol. The molecule has 2 heteroatoms. The van der Waals surface area contributed by atoms with Gasteiger partial charge >= 0.3 is 0 Å². The quantitative estimate of drug-likeness (QED) is 0.615. The highest BCUT2D eigenvalue weighted by Gasteiger charge is 2.17. The smallest absolute Gasteiger partial charge is 0.224 e. The summed E-state index contributed by atoms with van der Waals surface area (Å²) in [5.41, 5.74) is 5.64. The Hall–Kier alpha value is -2.87. The largest absolute Gasteiger partial charge is 0.326 e. The summed E-state index contributed by atoms with van der Waals surface area (Å²) in [6.07, 6.45) is 1.32. The molecule has 0 saturated heterocycles. The maximum atomic E-state index is 12.7. The fraction of sp³-hybridized carbons (Fsp3) is 0.208. The molecule has 0 saturated carbocycles. The second-order valence-corrected chi connectivity index (χ2v) is 6.93. The number of amides is 1. The third-order valence-electron chi connectivity index (χ3n) is 4.53. The lowest BCUT2D eigenvalue weighted by molar-refractivity contribution is -0.116. The summed E-state index contributed by atoms with van der Waals surface area (Å²) in [5.74, 6) is 0.212. The van der Waals surface area contributed by atoms with Crippen LogP contribution >= 0.6 is 0 Å². The zero-order valence-electron chi connectivity index (χ0n) is 15.4. The van der Waals surface area contributed by atoms with Gasteiger partial charge in [0.05, 0.1) is 0 Å². The Bertz CT molecular complexity index is 836. The lowest BCUT2D eigenvalue weighted by Crippen LogP contribution is -2.17. The van der Waals surface area contributed by atoms with Crippen LogP contribution in [0.25, 0.3) is 0 Å². The van der Waals surface area contributed by atoms with E-state index in [0.717, 1.165) is 23.2 Å². The minimum Gasteiger partial charge on any atom is -0.326 e. The van der Waals surface area contributed by atoms with Gasteiger partial charge in [-0.15, -0.1) is 0 Å². The molecule has 2 nitrogen and oxygen atoms in total. The lowest BCUT2D eigenvalue weighted by Gasteiger charge is -2.18. The van der Waals surface area contributed by atoms with E-state index >= 15 is 0 Å². The molecule has 1 atom stereocenters. The summed E-state index contributed by atoms with van der Waals surface area (Å²) < 4.78 is 0. The van der Waals surface area contributed by atoms with Gasteiger partial charge in [-0.25, -0.2) is 0 Å². The zero-order chi connectivity index (χ0) is 18.4. The number of nitrogens with one attached hydrogen (secondary N) is 1. The van der Waals surface area contributed by atoms with Crippen molar-refractivity contribution in [3.8, 4) is 0 Å². The first kappa shape index (κ1) is 17.9. The third-order valence-corrected chi connectivity index (χ3v) is 4.53. The molecule has 0 bridgehead atoms. The minimum absolute atomic E-state index is 0.0554. The Morgan fingerprint density at radius 1 is 0.846 bits per heavy atom. The number of hydrogen-bond donors (Lipinski definition) is 1. The van der Waals surface area contributed by atoms with Gasteiger partial charge in [-0.2, -0.15) is 0 Å². The van der Waals surface area contributed by atoms with Crippen molar-refractivity contribution in [2.75, 3.05) is 5.32 Å². The van der Waals surface area contributed by atoms with Crippen molar-refractivity contribution in [2.45, 2.75) is 32.6 Å². The van der Waals surface area contributed by atoms with Crippen molar-refractivity contribution >= 4 is 11.6 Å². The highest BCUT2D eigenvalue weighted by molar-refractivity contribution is 5.91. The van der Waals surface area contributed by atoms with E-state index < -0.39 is 0 Å². The highest BCUT2D eigenvalue weighted by Crippen LogP contribution is 2.25. The van der Waals surface area contributed by atoms with Gasteiger partial charge in [0.15, 0.2) is 0 Å². The Kier molecular flexibility index (Phi) is 5.85. The van der Waals surface area contributed by atoms with E-state index in [0.29, 0.717) is 6.42 Å². The van der Waals surface area contributed by atoms with E-state index in [1.807, 2.05) is 62.4 Å². The Morgan fingerprint density at radius 2 is 1.42 bits per heavy atom. The summed E-state index contributed by atoms with van der Waals surface area (Å²) in [7, 11) is 0. The number of anilines is 1. The van der Waals surface area contributed by atoms with Gasteiger partial charge in [-0.1, -0.05) is 66.7 Å². The van der Waals surface area contributed by atoms with Crippen molar-refractivity contribution in [1.82, 2.24) is 0 Å². The molecule has 26 heavy (non-hydrogen) atoms. The van der Waals surface area contributed by atoms with Crippen LogP contribution in [-0.2, 0) is 11.2 Å². The first-order valence-corrected chi connectivity index (χ1v) is 9.07. The van der Waals surface area contributed by atoms with Crippen molar-refractivity contribution in [3.63, 3.8) is 0 Å². The van der Waals surface area contributed by atoms with Crippen molar-refractivity contribution in [3.05, 3.63) is 101 Å². The first-order chi connectivity index (χ1) is 12.6. The van der Waals surface area contributed by atoms with Crippen LogP contribution in [-0.4, -0.2) is 5.91 Å². The normalized spacial score (nSPS) is 11.8. The van der Waals surface area contributed by atoms with Crippen molar-refractivity contribution in [2.24, 2.45) is 0 Å². The fourth-order valence-corrected chi connectivity index (χ4v) is 3.41. The predicted octanol–water partition coefficient (Wildman–Crippen LogP) is 5.66. The molecule has 3 rings (SSSR count). The van der Waals surface area contributed by atoms with Gasteiger partial charge < -0.3 is 5.32 Å². The molecule has 3 aromatic carbocycles. The van der Waals surface area contributed by atoms with E-state index in [4.69, 9.17) is 0 Å². The number of aryl methyl sites for hydroxylation is 2. The molecule has 0 aliphatic heterocycles. The summed E-state index contributed by atoms with van der Waals surface area (Å²) in [5, 5.41) is 3.07. The molecule has 1 N–H and O–H groups in total. The summed E-state index contributed by atoms with van der Waals surface area (Å²) >= 11 is 0. The summed E-state index contributed by atoms with van der Waals surface area (Å²) in [4.78, 5) is 12.7. The molecular weight excluding hydrogens is 318 g/mol. The van der Waals surface area contributed by atoms with Crippen LogP contribution in [0.3, 0.4) is 0 Å². The van der Waals surface area contributed by atoms with Gasteiger partial charge in [-0.3, -0.25) is 4.79 Å². The second kappa shape index (κ2) is 8.48. The number of benzene rings is 3. The second-order valence-electron chi connectivity index (χ2n) is 6.93. The van der Waals surface area contributed by atoms with E-state index in [1.54, 1.807) is 0 Å². The molecule has 3 aromatic rings. The van der Waals surface area contributed by atoms with E-state index in [9.17, 15) is 4.79 Å². The summed E-state index contributed by atoms with van der Waals surface area (Å²) in [6.45, 7) is 4.09. The molecule has 0 heterocycles. The van der Waals surface area contributed by atoms with Gasteiger partial charge in [0.2, 0.25) is 5.91 Å². The third kappa shape index (κ3) is 5.06. The van der Waals surface area contributed by atoms with Crippen LogP contribution in [0.15, 0.2) is 78.9 Å². The van der Waals surface area contributed by atoms with Gasteiger partial charge in [-0.05, 0) is 60.6 Å². The first-order valence-electron chi connectivity index (χ1n) is 9.07. The Labute approximate surface area is 155 Å². The standard InChI is InChI=1S/C24H25NO/c1-18-13-19(2)15-23(14-18)25-24(26)17-22(21-11-7-4-8-12-21)16-20-9-5-3-6-10-20/h3-15,22H,16-17H2,1-2H3,(H,25,26)/t22-/m1/s1. The SMILES string of the molecule is Cc1cc(C)cc(NC(=O)C[C@@H](Cc2ccccc2)c2ccccc2)c1. The molecule has 0 aliphatic rings. The number of rotatable bonds is 6. The number of carbonyl (C=O) groups is 1. The van der Waals surface area contributed by atoms with Crippen LogP contribution in [0.4, 0.5) is 5.69 Å².